The predicted molar refractivity (Wildman–Crippen MR) is 50.1 cm³/mol. The van der Waals surface area contributed by atoms with Gasteiger partial charge in [0.05, 0.1) is 0 Å². The molecule has 0 spiro atoms. The van der Waals surface area contributed by atoms with Gasteiger partial charge in [-0.3, -0.25) is 4.79 Å². The molecule has 4 heteroatoms. The fourth-order valence-corrected chi connectivity index (χ4v) is 1.10. The molecular formula is C9H18N2O2. The average Bonchev–Trinajstić information content (AvgIpc) is 2.86. The SMILES string of the molecule is [2H][C@](N)(CCC)[C@H](O)C(=O)NC1CC1. The summed E-state index contributed by atoms with van der Waals surface area (Å²) in [6.45, 7) is 1.86. The lowest BCUT2D eigenvalue weighted by molar-refractivity contribution is -0.130. The van der Waals surface area contributed by atoms with Gasteiger partial charge in [0.15, 0.2) is 0 Å². The molecule has 0 aromatic heterocycles. The molecule has 76 valence electrons. The van der Waals surface area contributed by atoms with E-state index in [0.717, 1.165) is 12.8 Å². The standard InChI is InChI=1S/C9H18N2O2/c1-2-3-7(10)8(12)9(13)11-6-4-5-6/h6-8,12H,2-5,10H2,1H3,(H,11,13)/t7-,8-/m0/s1/i7D. The summed E-state index contributed by atoms with van der Waals surface area (Å²) in [5.74, 6) is -0.515. The van der Waals surface area contributed by atoms with E-state index in [1.54, 1.807) is 0 Å². The number of carbonyl (C=O) groups excluding carboxylic acids is 1. The van der Waals surface area contributed by atoms with Gasteiger partial charge in [-0.25, -0.2) is 0 Å². The summed E-state index contributed by atoms with van der Waals surface area (Å²) in [4.78, 5) is 11.4. The summed E-state index contributed by atoms with van der Waals surface area (Å²) < 4.78 is 7.59. The number of hydrogen-bond donors (Lipinski definition) is 3. The highest BCUT2D eigenvalue weighted by Gasteiger charge is 2.28. The van der Waals surface area contributed by atoms with Crippen molar-refractivity contribution in [3.8, 4) is 0 Å². The van der Waals surface area contributed by atoms with Crippen LogP contribution in [-0.4, -0.2) is 29.2 Å². The molecule has 1 rings (SSSR count). The summed E-state index contributed by atoms with van der Waals surface area (Å²) in [6, 6.07) is -1.37. The van der Waals surface area contributed by atoms with Crippen LogP contribution in [0.5, 0.6) is 0 Å². The van der Waals surface area contributed by atoms with Crippen molar-refractivity contribution in [1.82, 2.24) is 5.32 Å². The Hall–Kier alpha value is -0.610. The molecule has 1 saturated carbocycles. The van der Waals surface area contributed by atoms with Crippen LogP contribution in [0.4, 0.5) is 0 Å². The van der Waals surface area contributed by atoms with Gasteiger partial charge in [0, 0.05) is 13.4 Å². The van der Waals surface area contributed by atoms with Crippen molar-refractivity contribution in [1.29, 1.82) is 0 Å². The van der Waals surface area contributed by atoms with Crippen molar-refractivity contribution in [2.45, 2.75) is 50.8 Å². The monoisotopic (exact) mass is 187 g/mol. The summed E-state index contributed by atoms with van der Waals surface area (Å²) in [5, 5.41) is 12.2. The van der Waals surface area contributed by atoms with Crippen LogP contribution < -0.4 is 11.1 Å². The number of aliphatic hydroxyl groups is 1. The van der Waals surface area contributed by atoms with E-state index in [4.69, 9.17) is 7.10 Å². The van der Waals surface area contributed by atoms with Gasteiger partial charge < -0.3 is 16.2 Å². The molecule has 1 aliphatic carbocycles. The molecule has 13 heavy (non-hydrogen) atoms. The number of carbonyl (C=O) groups is 1. The molecule has 0 radical (unpaired) electrons. The molecule has 0 bridgehead atoms. The first-order valence-corrected chi connectivity index (χ1v) is 4.74. The van der Waals surface area contributed by atoms with E-state index in [9.17, 15) is 9.90 Å². The van der Waals surface area contributed by atoms with Crippen LogP contribution in [0.1, 0.15) is 34.0 Å². The molecule has 1 amide bonds. The minimum atomic E-state index is -1.56. The molecule has 0 aromatic carbocycles. The number of nitrogens with two attached hydrogens (primary N) is 1. The highest BCUT2D eigenvalue weighted by molar-refractivity contribution is 5.81. The minimum Gasteiger partial charge on any atom is -0.382 e. The molecule has 0 heterocycles. The van der Waals surface area contributed by atoms with Gasteiger partial charge in [0.25, 0.3) is 5.91 Å². The lowest BCUT2D eigenvalue weighted by atomic mass is 10.1. The van der Waals surface area contributed by atoms with Crippen LogP contribution in [0.2, 0.25) is 0 Å². The first-order valence-electron chi connectivity index (χ1n) is 5.24. The summed E-state index contributed by atoms with van der Waals surface area (Å²) in [7, 11) is 0. The van der Waals surface area contributed by atoms with Crippen LogP contribution in [0, 0.1) is 0 Å². The quantitative estimate of drug-likeness (QED) is 0.555. The van der Waals surface area contributed by atoms with Gasteiger partial charge in [-0.1, -0.05) is 13.3 Å². The second kappa shape index (κ2) is 4.58. The third-order valence-electron chi connectivity index (χ3n) is 2.06. The summed E-state index contributed by atoms with van der Waals surface area (Å²) in [6.07, 6.45) is 1.48. The number of amides is 1. The average molecular weight is 187 g/mol. The maximum Gasteiger partial charge on any atom is 0.250 e. The normalized spacial score (nSPS) is 24.4. The van der Waals surface area contributed by atoms with Gasteiger partial charge in [-0.2, -0.15) is 0 Å². The zero-order valence-electron chi connectivity index (χ0n) is 8.92. The van der Waals surface area contributed by atoms with Crippen LogP contribution in [0.3, 0.4) is 0 Å². The number of rotatable bonds is 5. The first kappa shape index (κ1) is 8.97. The molecule has 0 saturated heterocycles. The maximum atomic E-state index is 11.4. The van der Waals surface area contributed by atoms with Crippen LogP contribution in [0.25, 0.3) is 0 Å². The Balaban J connectivity index is 2.43. The zero-order valence-corrected chi connectivity index (χ0v) is 7.92. The molecule has 4 nitrogen and oxygen atoms in total. The molecule has 0 aliphatic heterocycles. The highest BCUT2D eigenvalue weighted by Crippen LogP contribution is 2.18. The van der Waals surface area contributed by atoms with Crippen molar-refractivity contribution in [3.05, 3.63) is 0 Å². The molecule has 1 aliphatic rings. The number of nitrogens with one attached hydrogen (secondary N) is 1. The van der Waals surface area contributed by atoms with Gasteiger partial charge in [0.1, 0.15) is 6.10 Å². The van der Waals surface area contributed by atoms with Crippen molar-refractivity contribution in [2.75, 3.05) is 0 Å². The zero-order chi connectivity index (χ0) is 10.8. The van der Waals surface area contributed by atoms with E-state index in [-0.39, 0.29) is 6.04 Å². The first-order chi connectivity index (χ1) is 6.47. The van der Waals surface area contributed by atoms with Crippen LogP contribution >= 0.6 is 0 Å². The second-order valence-corrected chi connectivity index (χ2v) is 3.51. The molecule has 0 unspecified atom stereocenters. The summed E-state index contributed by atoms with van der Waals surface area (Å²) >= 11 is 0. The Kier molecular flexibility index (Phi) is 3.16. The van der Waals surface area contributed by atoms with Gasteiger partial charge >= 0.3 is 0 Å². The van der Waals surface area contributed by atoms with Gasteiger partial charge in [-0.15, -0.1) is 0 Å². The smallest absolute Gasteiger partial charge is 0.250 e. The Morgan fingerprint density at radius 2 is 2.46 bits per heavy atom. The van der Waals surface area contributed by atoms with E-state index in [2.05, 4.69) is 5.32 Å². The second-order valence-electron chi connectivity index (χ2n) is 3.51. The van der Waals surface area contributed by atoms with Crippen molar-refractivity contribution in [3.63, 3.8) is 0 Å². The Morgan fingerprint density at radius 3 is 2.92 bits per heavy atom. The molecule has 4 N–H and O–H groups in total. The van der Waals surface area contributed by atoms with E-state index >= 15 is 0 Å². The third-order valence-corrected chi connectivity index (χ3v) is 2.06. The third kappa shape index (κ3) is 3.32. The van der Waals surface area contributed by atoms with E-state index in [1.165, 1.54) is 0 Å². The highest BCUT2D eigenvalue weighted by atomic mass is 16.3. The predicted octanol–water partition coefficient (Wildman–Crippen LogP) is -0.247. The molecule has 1 fully saturated rings. The molecular weight excluding hydrogens is 168 g/mol. The Morgan fingerprint density at radius 1 is 1.85 bits per heavy atom. The van der Waals surface area contributed by atoms with Gasteiger partial charge in [0.2, 0.25) is 0 Å². The Labute approximate surface area is 79.9 Å². The topological polar surface area (TPSA) is 75.3 Å². The fourth-order valence-electron chi connectivity index (χ4n) is 1.10. The largest absolute Gasteiger partial charge is 0.382 e. The lowest BCUT2D eigenvalue weighted by Crippen LogP contribution is -2.46. The van der Waals surface area contributed by atoms with E-state index in [1.807, 2.05) is 6.92 Å². The fraction of sp³-hybridized carbons (Fsp3) is 0.889. The Bertz CT molecular complexity index is 217. The number of aliphatic hydroxyl groups excluding tert-OH is 1. The van der Waals surface area contributed by atoms with Crippen LogP contribution in [-0.2, 0) is 4.79 Å². The number of hydrogen-bond acceptors (Lipinski definition) is 3. The van der Waals surface area contributed by atoms with Crippen molar-refractivity contribution >= 4 is 5.91 Å². The van der Waals surface area contributed by atoms with E-state index < -0.39 is 18.0 Å². The lowest BCUT2D eigenvalue weighted by Gasteiger charge is -2.17. The maximum absolute atomic E-state index is 11.4. The van der Waals surface area contributed by atoms with Gasteiger partial charge in [-0.05, 0) is 19.3 Å². The minimum absolute atomic E-state index is 0.189. The van der Waals surface area contributed by atoms with Crippen molar-refractivity contribution < 1.29 is 11.3 Å². The molecule has 2 atom stereocenters. The van der Waals surface area contributed by atoms with Crippen molar-refractivity contribution in [2.24, 2.45) is 5.73 Å². The van der Waals surface area contributed by atoms with Crippen LogP contribution in [0.15, 0.2) is 0 Å². The molecule has 0 aromatic rings. The van der Waals surface area contributed by atoms with E-state index in [0.29, 0.717) is 12.8 Å². The summed E-state index contributed by atoms with van der Waals surface area (Å²) in [5.41, 5.74) is 5.52.